The van der Waals surface area contributed by atoms with Crippen LogP contribution in [0.15, 0.2) is 18.5 Å². The summed E-state index contributed by atoms with van der Waals surface area (Å²) in [6, 6.07) is 2.20. The summed E-state index contributed by atoms with van der Waals surface area (Å²) in [6.07, 6.45) is 5.11. The van der Waals surface area contributed by atoms with Crippen LogP contribution in [0.3, 0.4) is 0 Å². The molecule has 2 aromatic rings. The molecule has 0 saturated carbocycles. The number of hydrogen-bond acceptors (Lipinski definition) is 5. The van der Waals surface area contributed by atoms with Crippen molar-refractivity contribution in [2.24, 2.45) is 0 Å². The molecule has 0 aliphatic carbocycles. The van der Waals surface area contributed by atoms with Gasteiger partial charge >= 0.3 is 0 Å². The minimum atomic E-state index is -0.441. The van der Waals surface area contributed by atoms with E-state index in [4.69, 9.17) is 0 Å². The third kappa shape index (κ3) is 3.53. The first-order valence-electron chi connectivity index (χ1n) is 7.94. The summed E-state index contributed by atoms with van der Waals surface area (Å²) in [6.45, 7) is 6.12. The molecule has 2 aromatic heterocycles. The highest BCUT2D eigenvalue weighted by molar-refractivity contribution is 5.01. The Bertz CT molecular complexity index is 591. The van der Waals surface area contributed by atoms with Crippen LogP contribution in [0.5, 0.6) is 0 Å². The lowest BCUT2D eigenvalue weighted by Crippen LogP contribution is -2.42. The number of aromatic nitrogens is 5. The Hall–Kier alpha value is -1.73. The fraction of sp³-hybridized carbons (Fsp3) is 0.667. The van der Waals surface area contributed by atoms with E-state index in [-0.39, 0.29) is 0 Å². The van der Waals surface area contributed by atoms with E-state index in [0.29, 0.717) is 25.0 Å². The summed E-state index contributed by atoms with van der Waals surface area (Å²) in [5, 5.41) is 22.2. The summed E-state index contributed by atoms with van der Waals surface area (Å²) < 4.78 is 3.76. The molecule has 2 atom stereocenters. The first-order chi connectivity index (χ1) is 10.6. The van der Waals surface area contributed by atoms with Gasteiger partial charge in [-0.1, -0.05) is 13.8 Å². The van der Waals surface area contributed by atoms with Crippen LogP contribution >= 0.6 is 0 Å². The molecule has 0 saturated heterocycles. The van der Waals surface area contributed by atoms with Crippen LogP contribution in [-0.2, 0) is 19.5 Å². The maximum atomic E-state index is 10.1. The van der Waals surface area contributed by atoms with Crippen LogP contribution in [0.4, 0.5) is 0 Å². The number of nitrogens with zero attached hydrogens (tertiary/aromatic N) is 5. The van der Waals surface area contributed by atoms with E-state index in [9.17, 15) is 5.11 Å². The van der Waals surface area contributed by atoms with Gasteiger partial charge in [0.05, 0.1) is 19.2 Å². The van der Waals surface area contributed by atoms with Gasteiger partial charge in [-0.15, -0.1) is 0 Å². The molecule has 0 spiro atoms. The zero-order valence-electron chi connectivity index (χ0n) is 13.2. The summed E-state index contributed by atoms with van der Waals surface area (Å²) in [5.41, 5.74) is 0. The molecule has 2 N–H and O–H groups in total. The lowest BCUT2D eigenvalue weighted by Gasteiger charge is -2.24. The molecule has 3 heterocycles. The van der Waals surface area contributed by atoms with E-state index in [1.165, 1.54) is 0 Å². The predicted octanol–water partition coefficient (Wildman–Crippen LogP) is 0.563. The Morgan fingerprint density at radius 2 is 2.32 bits per heavy atom. The standard InChI is InChI=1S/C15H24N6O/c1-11(2)15-18-14-5-4-12(9-21(14)19-15)16-8-13(22)10-20-7-3-6-17-20/h3,6-7,11-13,16,22H,4-5,8-10H2,1-2H3/t12-,13-/m1/s1. The number of rotatable bonds is 6. The van der Waals surface area contributed by atoms with Crippen molar-refractivity contribution in [2.45, 2.75) is 57.8 Å². The fourth-order valence-corrected chi connectivity index (χ4v) is 2.73. The van der Waals surface area contributed by atoms with Crippen molar-refractivity contribution in [1.82, 2.24) is 29.9 Å². The predicted molar refractivity (Wildman–Crippen MR) is 82.5 cm³/mol. The van der Waals surface area contributed by atoms with Crippen LogP contribution in [0.25, 0.3) is 0 Å². The maximum Gasteiger partial charge on any atom is 0.153 e. The molecular weight excluding hydrogens is 280 g/mol. The van der Waals surface area contributed by atoms with E-state index in [2.05, 4.69) is 34.3 Å². The van der Waals surface area contributed by atoms with E-state index < -0.39 is 6.10 Å². The van der Waals surface area contributed by atoms with Gasteiger partial charge < -0.3 is 10.4 Å². The molecule has 120 valence electrons. The van der Waals surface area contributed by atoms with E-state index >= 15 is 0 Å². The van der Waals surface area contributed by atoms with Crippen LogP contribution in [0.1, 0.15) is 37.8 Å². The Morgan fingerprint density at radius 1 is 1.45 bits per heavy atom. The average molecular weight is 304 g/mol. The van der Waals surface area contributed by atoms with Gasteiger partial charge in [-0.05, 0) is 12.5 Å². The van der Waals surface area contributed by atoms with E-state index in [1.807, 2.05) is 16.9 Å². The average Bonchev–Trinajstić information content (AvgIpc) is 3.13. The molecule has 0 bridgehead atoms. The normalized spacial score (nSPS) is 19.4. The molecule has 22 heavy (non-hydrogen) atoms. The largest absolute Gasteiger partial charge is 0.390 e. The van der Waals surface area contributed by atoms with Gasteiger partial charge in [0.1, 0.15) is 5.82 Å². The Balaban J connectivity index is 1.50. The molecule has 7 nitrogen and oxygen atoms in total. The quantitative estimate of drug-likeness (QED) is 0.815. The smallest absolute Gasteiger partial charge is 0.153 e. The zero-order valence-corrected chi connectivity index (χ0v) is 13.2. The molecule has 0 fully saturated rings. The first-order valence-corrected chi connectivity index (χ1v) is 7.94. The third-order valence-corrected chi connectivity index (χ3v) is 3.99. The minimum Gasteiger partial charge on any atom is -0.390 e. The van der Waals surface area contributed by atoms with Crippen molar-refractivity contribution in [3.05, 3.63) is 30.1 Å². The van der Waals surface area contributed by atoms with Crippen molar-refractivity contribution < 1.29 is 5.11 Å². The molecule has 0 amide bonds. The van der Waals surface area contributed by atoms with Gasteiger partial charge in [-0.25, -0.2) is 9.67 Å². The highest BCUT2D eigenvalue weighted by Crippen LogP contribution is 2.16. The third-order valence-electron chi connectivity index (χ3n) is 3.99. The van der Waals surface area contributed by atoms with Gasteiger partial charge in [0, 0.05) is 37.3 Å². The SMILES string of the molecule is CC(C)c1nc2n(n1)C[C@H](NC[C@@H](O)Cn1cccn1)CC2. The van der Waals surface area contributed by atoms with Crippen LogP contribution in [0.2, 0.25) is 0 Å². The Labute approximate surface area is 130 Å². The maximum absolute atomic E-state index is 10.1. The molecule has 1 aliphatic rings. The van der Waals surface area contributed by atoms with Gasteiger partial charge in [-0.3, -0.25) is 4.68 Å². The monoisotopic (exact) mass is 304 g/mol. The molecular formula is C15H24N6O. The van der Waals surface area contributed by atoms with Gasteiger partial charge in [0.15, 0.2) is 5.82 Å². The second-order valence-electron chi connectivity index (χ2n) is 6.25. The Kier molecular flexibility index (Phi) is 4.54. The summed E-state index contributed by atoms with van der Waals surface area (Å²) >= 11 is 0. The lowest BCUT2D eigenvalue weighted by atomic mass is 10.1. The van der Waals surface area contributed by atoms with Gasteiger partial charge in [0.2, 0.25) is 0 Å². The number of fused-ring (bicyclic) bond motifs is 1. The van der Waals surface area contributed by atoms with Crippen LogP contribution in [-0.4, -0.2) is 48.3 Å². The number of aliphatic hydroxyl groups excluding tert-OH is 1. The van der Waals surface area contributed by atoms with Gasteiger partial charge in [-0.2, -0.15) is 10.2 Å². The molecule has 1 aliphatic heterocycles. The highest BCUT2D eigenvalue weighted by Gasteiger charge is 2.22. The van der Waals surface area contributed by atoms with Crippen molar-refractivity contribution in [3.8, 4) is 0 Å². The fourth-order valence-electron chi connectivity index (χ4n) is 2.73. The van der Waals surface area contributed by atoms with E-state index in [0.717, 1.165) is 31.0 Å². The first kappa shape index (κ1) is 15.2. The van der Waals surface area contributed by atoms with Crippen molar-refractivity contribution in [1.29, 1.82) is 0 Å². The topological polar surface area (TPSA) is 80.8 Å². The molecule has 0 unspecified atom stereocenters. The lowest BCUT2D eigenvalue weighted by molar-refractivity contribution is 0.139. The van der Waals surface area contributed by atoms with E-state index in [1.54, 1.807) is 10.9 Å². The number of aryl methyl sites for hydroxylation is 1. The van der Waals surface area contributed by atoms with Crippen LogP contribution < -0.4 is 5.32 Å². The zero-order chi connectivity index (χ0) is 15.5. The summed E-state index contributed by atoms with van der Waals surface area (Å²) in [7, 11) is 0. The van der Waals surface area contributed by atoms with Crippen molar-refractivity contribution in [2.75, 3.05) is 6.54 Å². The second-order valence-corrected chi connectivity index (χ2v) is 6.25. The second kappa shape index (κ2) is 6.58. The highest BCUT2D eigenvalue weighted by atomic mass is 16.3. The van der Waals surface area contributed by atoms with Gasteiger partial charge in [0.25, 0.3) is 0 Å². The summed E-state index contributed by atoms with van der Waals surface area (Å²) in [4.78, 5) is 4.59. The number of nitrogens with one attached hydrogen (secondary N) is 1. The minimum absolute atomic E-state index is 0.335. The molecule has 0 aromatic carbocycles. The Morgan fingerprint density at radius 3 is 3.05 bits per heavy atom. The van der Waals surface area contributed by atoms with Crippen LogP contribution in [0, 0.1) is 0 Å². The van der Waals surface area contributed by atoms with Crippen molar-refractivity contribution >= 4 is 0 Å². The number of aliphatic hydroxyl groups is 1. The molecule has 3 rings (SSSR count). The number of hydrogen-bond donors (Lipinski definition) is 2. The van der Waals surface area contributed by atoms with Crippen molar-refractivity contribution in [3.63, 3.8) is 0 Å². The molecule has 0 radical (unpaired) electrons. The molecule has 7 heteroatoms. The summed E-state index contributed by atoms with van der Waals surface area (Å²) in [5.74, 6) is 2.37.